The summed E-state index contributed by atoms with van der Waals surface area (Å²) in [6.45, 7) is 3.86. The molecule has 0 bridgehead atoms. The summed E-state index contributed by atoms with van der Waals surface area (Å²) in [5.41, 5.74) is -1.04. The molecule has 1 amide bonds. The second kappa shape index (κ2) is 7.98. The van der Waals surface area contributed by atoms with Crippen molar-refractivity contribution in [1.29, 1.82) is 0 Å². The van der Waals surface area contributed by atoms with Gasteiger partial charge in [0.2, 0.25) is 11.6 Å². The normalized spacial score (nSPS) is 14.3. The summed E-state index contributed by atoms with van der Waals surface area (Å²) in [5.74, 6) is -1.31. The molecule has 0 spiro atoms. The van der Waals surface area contributed by atoms with Gasteiger partial charge in [-0.3, -0.25) is 14.9 Å². The Balaban J connectivity index is 2.29. The first-order valence-electron chi connectivity index (χ1n) is 9.21. The first kappa shape index (κ1) is 21.0. The zero-order chi connectivity index (χ0) is 22.1. The molecular weight excluding hydrogens is 390 g/mol. The Labute approximate surface area is 173 Å². The lowest BCUT2D eigenvalue weighted by Gasteiger charge is -2.29. The van der Waals surface area contributed by atoms with Gasteiger partial charge < -0.3 is 14.2 Å². The van der Waals surface area contributed by atoms with Gasteiger partial charge in [-0.15, -0.1) is 0 Å². The molecule has 1 aliphatic rings. The third kappa shape index (κ3) is 3.30. The van der Waals surface area contributed by atoms with Crippen LogP contribution in [-0.4, -0.2) is 38.0 Å². The van der Waals surface area contributed by atoms with Crippen molar-refractivity contribution in [2.45, 2.75) is 25.3 Å². The molecule has 30 heavy (non-hydrogen) atoms. The highest BCUT2D eigenvalue weighted by Crippen LogP contribution is 2.42. The molecule has 3 rings (SSSR count). The van der Waals surface area contributed by atoms with E-state index in [9.17, 15) is 19.2 Å². The summed E-state index contributed by atoms with van der Waals surface area (Å²) in [4.78, 5) is 50.9. The van der Waals surface area contributed by atoms with E-state index in [1.807, 2.05) is 13.8 Å². The fraction of sp³-hybridized carbons (Fsp3) is 0.273. The number of ketones is 2. The minimum absolute atomic E-state index is 0.00824. The van der Waals surface area contributed by atoms with E-state index in [2.05, 4.69) is 14.8 Å². The molecule has 0 aliphatic heterocycles. The molecule has 2 aromatic carbocycles. The molecule has 156 valence electrons. The van der Waals surface area contributed by atoms with E-state index in [4.69, 9.17) is 4.74 Å². The van der Waals surface area contributed by atoms with Gasteiger partial charge in [0.05, 0.1) is 14.2 Å². The smallest absolute Gasteiger partial charge is 0.453 e. The summed E-state index contributed by atoms with van der Waals surface area (Å²) in [5, 5.41) is 2.39. The van der Waals surface area contributed by atoms with Crippen LogP contribution in [0.5, 0.6) is 5.75 Å². The number of nitrogens with one attached hydrogen (secondary N) is 1. The van der Waals surface area contributed by atoms with E-state index in [-0.39, 0.29) is 28.4 Å². The lowest BCUT2D eigenvalue weighted by atomic mass is 9.83. The fourth-order valence-corrected chi connectivity index (χ4v) is 3.44. The molecular formula is C22H21NO7. The van der Waals surface area contributed by atoms with E-state index < -0.39 is 29.4 Å². The van der Waals surface area contributed by atoms with E-state index in [0.717, 1.165) is 19.8 Å². The molecule has 0 saturated heterocycles. The lowest BCUT2D eigenvalue weighted by molar-refractivity contribution is 0.0728. The van der Waals surface area contributed by atoms with Crippen LogP contribution in [0.4, 0.5) is 9.59 Å². The molecule has 0 fully saturated rings. The van der Waals surface area contributed by atoms with Crippen molar-refractivity contribution in [3.63, 3.8) is 0 Å². The third-order valence-corrected chi connectivity index (χ3v) is 5.01. The van der Waals surface area contributed by atoms with Crippen molar-refractivity contribution in [3.05, 3.63) is 64.7 Å². The van der Waals surface area contributed by atoms with Crippen molar-refractivity contribution in [2.75, 3.05) is 14.2 Å². The van der Waals surface area contributed by atoms with Gasteiger partial charge in [0.25, 0.3) is 0 Å². The second-order valence-corrected chi connectivity index (χ2v) is 7.04. The topological polar surface area (TPSA) is 108 Å². The molecule has 0 saturated carbocycles. The number of fused-ring (bicyclic) bond motifs is 1. The number of carbonyl (C=O) groups is 4. The summed E-state index contributed by atoms with van der Waals surface area (Å²) < 4.78 is 14.5. The van der Waals surface area contributed by atoms with Crippen LogP contribution >= 0.6 is 0 Å². The largest absolute Gasteiger partial charge is 0.513 e. The van der Waals surface area contributed by atoms with E-state index in [1.54, 1.807) is 24.3 Å². The standard InChI is InChI=1S/C22H21NO7/c1-12(2)13-9-10-16(17(11-13)30-21(27)29-4)22(23-20(26)28-3)18(24)14-7-5-6-8-15(14)19(22)25/h5-12H,1-4H3,(H,23,26). The highest BCUT2D eigenvalue weighted by molar-refractivity contribution is 6.33. The number of methoxy groups -OCH3 is 2. The second-order valence-electron chi connectivity index (χ2n) is 7.04. The van der Waals surface area contributed by atoms with Crippen LogP contribution in [0.1, 0.15) is 51.6 Å². The Morgan fingerprint density at radius 1 is 0.933 bits per heavy atom. The Hall–Kier alpha value is -3.68. The molecule has 1 aliphatic carbocycles. The number of alkyl carbamates (subject to hydrolysis) is 1. The Bertz CT molecular complexity index is 1010. The van der Waals surface area contributed by atoms with Crippen LogP contribution in [0.3, 0.4) is 0 Å². The SMILES string of the molecule is COC(=O)NC1(c2ccc(C(C)C)cc2OC(=O)OC)C(=O)c2ccccc2C1=O. The van der Waals surface area contributed by atoms with Gasteiger partial charge in [-0.1, -0.05) is 50.2 Å². The molecule has 2 aromatic rings. The van der Waals surface area contributed by atoms with E-state index in [1.165, 1.54) is 18.2 Å². The quantitative estimate of drug-likeness (QED) is 0.465. The molecule has 8 heteroatoms. The molecule has 0 unspecified atom stereocenters. The first-order valence-corrected chi connectivity index (χ1v) is 9.21. The van der Waals surface area contributed by atoms with Gasteiger partial charge in [0.1, 0.15) is 5.75 Å². The molecule has 0 aromatic heterocycles. The van der Waals surface area contributed by atoms with Crippen LogP contribution < -0.4 is 10.1 Å². The van der Waals surface area contributed by atoms with Crippen molar-refractivity contribution >= 4 is 23.8 Å². The fourth-order valence-electron chi connectivity index (χ4n) is 3.44. The molecule has 0 radical (unpaired) electrons. The average molecular weight is 411 g/mol. The zero-order valence-electron chi connectivity index (χ0n) is 17.0. The number of benzene rings is 2. The maximum Gasteiger partial charge on any atom is 0.513 e. The average Bonchev–Trinajstić information content (AvgIpc) is 2.96. The number of ether oxygens (including phenoxy) is 3. The van der Waals surface area contributed by atoms with Crippen LogP contribution in [0.25, 0.3) is 0 Å². The number of hydrogen-bond donors (Lipinski definition) is 1. The zero-order valence-corrected chi connectivity index (χ0v) is 17.0. The summed E-state index contributed by atoms with van der Waals surface area (Å²) in [6.07, 6.45) is -2.01. The summed E-state index contributed by atoms with van der Waals surface area (Å²) in [6, 6.07) is 11.0. The molecule has 0 heterocycles. The van der Waals surface area contributed by atoms with E-state index >= 15 is 0 Å². The summed E-state index contributed by atoms with van der Waals surface area (Å²) >= 11 is 0. The minimum Gasteiger partial charge on any atom is -0.453 e. The number of amides is 1. The maximum absolute atomic E-state index is 13.4. The number of carbonyl (C=O) groups excluding carboxylic acids is 4. The number of Topliss-reactive ketones (excluding diaryl/α,β-unsaturated/α-hetero) is 2. The van der Waals surface area contributed by atoms with Gasteiger partial charge in [-0.2, -0.15) is 0 Å². The monoisotopic (exact) mass is 411 g/mol. The van der Waals surface area contributed by atoms with Gasteiger partial charge in [-0.25, -0.2) is 9.59 Å². The van der Waals surface area contributed by atoms with Crippen molar-refractivity contribution in [2.24, 2.45) is 0 Å². The number of hydrogen-bond acceptors (Lipinski definition) is 7. The molecule has 0 atom stereocenters. The highest BCUT2D eigenvalue weighted by atomic mass is 16.7. The first-order chi connectivity index (χ1) is 14.3. The van der Waals surface area contributed by atoms with Gasteiger partial charge in [0, 0.05) is 16.7 Å². The van der Waals surface area contributed by atoms with Gasteiger partial charge in [0.15, 0.2) is 5.54 Å². The molecule has 8 nitrogen and oxygen atoms in total. The maximum atomic E-state index is 13.4. The predicted octanol–water partition coefficient (Wildman–Crippen LogP) is 3.59. The van der Waals surface area contributed by atoms with Crippen LogP contribution in [0.2, 0.25) is 0 Å². The highest BCUT2D eigenvalue weighted by Gasteiger charge is 2.57. The van der Waals surface area contributed by atoms with Crippen molar-refractivity contribution < 1.29 is 33.4 Å². The van der Waals surface area contributed by atoms with Crippen molar-refractivity contribution in [3.8, 4) is 5.75 Å². The lowest BCUT2D eigenvalue weighted by Crippen LogP contribution is -2.54. The summed E-state index contributed by atoms with van der Waals surface area (Å²) in [7, 11) is 2.26. The molecule has 1 N–H and O–H groups in total. The third-order valence-electron chi connectivity index (χ3n) is 5.01. The van der Waals surface area contributed by atoms with E-state index in [0.29, 0.717) is 0 Å². The van der Waals surface area contributed by atoms with Gasteiger partial charge >= 0.3 is 12.2 Å². The predicted molar refractivity (Wildman–Crippen MR) is 106 cm³/mol. The van der Waals surface area contributed by atoms with Crippen LogP contribution in [0, 0.1) is 0 Å². The van der Waals surface area contributed by atoms with Crippen molar-refractivity contribution in [1.82, 2.24) is 5.32 Å². The number of rotatable bonds is 4. The Kier molecular flexibility index (Phi) is 5.60. The van der Waals surface area contributed by atoms with Crippen LogP contribution in [-0.2, 0) is 15.0 Å². The minimum atomic E-state index is -2.14. The Morgan fingerprint density at radius 2 is 1.53 bits per heavy atom. The van der Waals surface area contributed by atoms with Gasteiger partial charge in [-0.05, 0) is 17.5 Å². The Morgan fingerprint density at radius 3 is 2.03 bits per heavy atom. The van der Waals surface area contributed by atoms with Crippen LogP contribution in [0.15, 0.2) is 42.5 Å².